The van der Waals surface area contributed by atoms with E-state index in [9.17, 15) is 9.36 Å². The maximum Gasteiger partial charge on any atom is 0.469 e. The summed E-state index contributed by atoms with van der Waals surface area (Å²) in [6, 6.07) is 0. The first-order chi connectivity index (χ1) is 13.5. The van der Waals surface area contributed by atoms with E-state index < -0.39 is 31.3 Å². The summed E-state index contributed by atoms with van der Waals surface area (Å²) in [4.78, 5) is 47.1. The van der Waals surface area contributed by atoms with Crippen molar-refractivity contribution in [2.45, 2.75) is 31.3 Å². The molecular weight excluding hydrogens is 407 g/mol. The smallest absolute Gasteiger partial charge is 0.377 e. The van der Waals surface area contributed by atoms with Crippen molar-refractivity contribution in [1.82, 2.24) is 24.4 Å². The molecule has 0 bridgehead atoms. The second-order valence-electron chi connectivity index (χ2n) is 7.12. The number of imidazole rings is 1. The van der Waals surface area contributed by atoms with Gasteiger partial charge >= 0.3 is 7.82 Å². The number of nitrogens with zero attached hydrogens (tertiary/aromatic N) is 5. The lowest BCUT2D eigenvalue weighted by atomic mass is 10.0. The fourth-order valence-corrected chi connectivity index (χ4v) is 3.46. The number of aliphatic imine (C=N–C) groups is 1. The number of phosphoric acid groups is 1. The fourth-order valence-electron chi connectivity index (χ4n) is 3.02. The van der Waals surface area contributed by atoms with Crippen molar-refractivity contribution in [2.75, 3.05) is 27.8 Å². The van der Waals surface area contributed by atoms with Crippen molar-refractivity contribution in [1.29, 1.82) is 0 Å². The SMILES string of the molecule is CO[C@@H]1CC(C)(COP(=O)(O)O)O[C@H]1n1cnc2c(=O)[nH]c(N=CN(C)C)nc21. The van der Waals surface area contributed by atoms with E-state index in [1.165, 1.54) is 24.3 Å². The van der Waals surface area contributed by atoms with Gasteiger partial charge in [0.2, 0.25) is 5.95 Å². The van der Waals surface area contributed by atoms with Crippen molar-refractivity contribution in [3.63, 3.8) is 0 Å². The third-order valence-electron chi connectivity index (χ3n) is 4.30. The van der Waals surface area contributed by atoms with Crippen LogP contribution in [0.1, 0.15) is 19.6 Å². The summed E-state index contributed by atoms with van der Waals surface area (Å²) in [6.45, 7) is 1.31. The number of H-pyrrole nitrogens is 1. The highest BCUT2D eigenvalue weighted by molar-refractivity contribution is 7.46. The Morgan fingerprint density at radius 2 is 2.28 bits per heavy atom. The van der Waals surface area contributed by atoms with Crippen LogP contribution in [0.3, 0.4) is 0 Å². The first kappa shape index (κ1) is 21.6. The molecule has 0 aliphatic carbocycles. The lowest BCUT2D eigenvalue weighted by molar-refractivity contribution is -0.101. The Bertz CT molecular complexity index is 1010. The second kappa shape index (κ2) is 7.94. The third kappa shape index (κ3) is 4.89. The van der Waals surface area contributed by atoms with Gasteiger partial charge in [0.1, 0.15) is 6.10 Å². The predicted molar refractivity (Wildman–Crippen MR) is 102 cm³/mol. The van der Waals surface area contributed by atoms with Crippen LogP contribution in [0.15, 0.2) is 16.1 Å². The molecule has 1 aliphatic rings. The number of rotatable bonds is 7. The van der Waals surface area contributed by atoms with Gasteiger partial charge in [-0.2, -0.15) is 4.98 Å². The standard InChI is InChI=1S/C15H23N6O7P/c1-15(6-27-29(23,24)25)5-9(26-4)13(28-15)21-8-16-10-11(21)18-14(19-12(10)22)17-7-20(2)3/h7-9,13H,5-6H2,1-4H3,(H,18,19,22)(H2,23,24,25)/t9-,13-,15?/m1/s1. The number of phosphoric ester groups is 1. The third-order valence-corrected chi connectivity index (χ3v) is 4.77. The first-order valence-corrected chi connectivity index (χ1v) is 10.1. The molecule has 14 heteroatoms. The summed E-state index contributed by atoms with van der Waals surface area (Å²) in [5, 5.41) is 0. The molecule has 2 aromatic rings. The maximum absolute atomic E-state index is 12.3. The zero-order chi connectivity index (χ0) is 21.4. The van der Waals surface area contributed by atoms with Crippen LogP contribution < -0.4 is 5.56 Å². The highest BCUT2D eigenvalue weighted by Gasteiger charge is 2.46. The quantitative estimate of drug-likeness (QED) is 0.313. The van der Waals surface area contributed by atoms with Gasteiger partial charge in [0, 0.05) is 27.6 Å². The van der Waals surface area contributed by atoms with E-state index in [1.807, 2.05) is 0 Å². The molecule has 2 aromatic heterocycles. The predicted octanol–water partition coefficient (Wildman–Crippen LogP) is 0.143. The summed E-state index contributed by atoms with van der Waals surface area (Å²) < 4.78 is 28.7. The average molecular weight is 430 g/mol. The molecule has 0 radical (unpaired) electrons. The largest absolute Gasteiger partial charge is 0.469 e. The van der Waals surface area contributed by atoms with Crippen LogP contribution in [-0.2, 0) is 18.6 Å². The minimum atomic E-state index is -4.65. The summed E-state index contributed by atoms with van der Waals surface area (Å²) in [6.07, 6.45) is 1.95. The molecule has 3 rings (SSSR count). The zero-order valence-corrected chi connectivity index (χ0v) is 17.2. The molecule has 3 heterocycles. The molecule has 3 N–H and O–H groups in total. The fraction of sp³-hybridized carbons (Fsp3) is 0.600. The Kier molecular flexibility index (Phi) is 5.90. The van der Waals surface area contributed by atoms with Crippen molar-refractivity contribution < 1.29 is 28.3 Å². The molecule has 1 fully saturated rings. The van der Waals surface area contributed by atoms with Gasteiger partial charge in [-0.1, -0.05) is 0 Å². The Labute approximate surface area is 165 Å². The second-order valence-corrected chi connectivity index (χ2v) is 8.36. The van der Waals surface area contributed by atoms with Gasteiger partial charge in [-0.3, -0.25) is 18.9 Å². The van der Waals surface area contributed by atoms with Gasteiger partial charge in [-0.25, -0.2) is 14.5 Å². The van der Waals surface area contributed by atoms with Crippen molar-refractivity contribution >= 4 is 31.3 Å². The van der Waals surface area contributed by atoms with Crippen LogP contribution in [0, 0.1) is 0 Å². The number of hydrogen-bond donors (Lipinski definition) is 3. The molecule has 29 heavy (non-hydrogen) atoms. The van der Waals surface area contributed by atoms with E-state index in [4.69, 9.17) is 19.3 Å². The minimum Gasteiger partial charge on any atom is -0.377 e. The van der Waals surface area contributed by atoms with Gasteiger partial charge in [-0.15, -0.1) is 0 Å². The molecule has 1 saturated heterocycles. The molecule has 160 valence electrons. The van der Waals surface area contributed by atoms with E-state index in [-0.39, 0.29) is 23.7 Å². The number of aromatic amines is 1. The average Bonchev–Trinajstić information content (AvgIpc) is 3.19. The lowest BCUT2D eigenvalue weighted by Crippen LogP contribution is -2.30. The van der Waals surface area contributed by atoms with E-state index >= 15 is 0 Å². The number of hydrogen-bond acceptors (Lipinski definition) is 8. The van der Waals surface area contributed by atoms with Crippen molar-refractivity contribution in [3.05, 3.63) is 16.7 Å². The van der Waals surface area contributed by atoms with Crippen LogP contribution >= 0.6 is 7.82 Å². The van der Waals surface area contributed by atoms with Crippen molar-refractivity contribution in [2.24, 2.45) is 4.99 Å². The Morgan fingerprint density at radius 1 is 1.55 bits per heavy atom. The molecule has 0 spiro atoms. The first-order valence-electron chi connectivity index (χ1n) is 8.59. The minimum absolute atomic E-state index is 0.0949. The van der Waals surface area contributed by atoms with Gasteiger partial charge in [0.25, 0.3) is 5.56 Å². The van der Waals surface area contributed by atoms with Crippen LogP contribution in [-0.4, -0.2) is 80.1 Å². The highest BCUT2D eigenvalue weighted by atomic mass is 31.2. The number of ether oxygens (including phenoxy) is 2. The summed E-state index contributed by atoms with van der Waals surface area (Å²) in [7, 11) is 0.391. The Balaban J connectivity index is 1.96. The number of nitrogens with one attached hydrogen (secondary N) is 1. The summed E-state index contributed by atoms with van der Waals surface area (Å²) in [5.74, 6) is 0.0949. The number of fused-ring (bicyclic) bond motifs is 1. The molecule has 0 amide bonds. The normalized spacial score (nSPS) is 25.3. The lowest BCUT2D eigenvalue weighted by Gasteiger charge is -2.24. The van der Waals surface area contributed by atoms with E-state index in [2.05, 4.69) is 24.5 Å². The molecule has 3 atom stereocenters. The monoisotopic (exact) mass is 430 g/mol. The van der Waals surface area contributed by atoms with Gasteiger partial charge < -0.3 is 24.2 Å². The molecule has 1 aliphatic heterocycles. The van der Waals surface area contributed by atoms with Gasteiger partial charge in [0.15, 0.2) is 17.4 Å². The maximum atomic E-state index is 12.3. The van der Waals surface area contributed by atoms with Crippen LogP contribution in [0.5, 0.6) is 0 Å². The summed E-state index contributed by atoms with van der Waals surface area (Å²) in [5.41, 5.74) is -1.14. The molecule has 13 nitrogen and oxygen atoms in total. The molecule has 0 saturated carbocycles. The van der Waals surface area contributed by atoms with Gasteiger partial charge in [-0.05, 0) is 6.92 Å². The van der Waals surface area contributed by atoms with E-state index in [1.54, 1.807) is 25.9 Å². The van der Waals surface area contributed by atoms with E-state index in [0.717, 1.165) is 0 Å². The highest BCUT2D eigenvalue weighted by Crippen LogP contribution is 2.43. The molecule has 0 aromatic carbocycles. The number of methoxy groups -OCH3 is 1. The van der Waals surface area contributed by atoms with Crippen LogP contribution in [0.2, 0.25) is 0 Å². The Morgan fingerprint density at radius 3 is 2.90 bits per heavy atom. The van der Waals surface area contributed by atoms with Crippen LogP contribution in [0.25, 0.3) is 11.2 Å². The topological polar surface area (TPSA) is 164 Å². The number of aromatic nitrogens is 4. The zero-order valence-electron chi connectivity index (χ0n) is 16.3. The Hall–Kier alpha value is -2.15. The molecular formula is C15H23N6O7P. The molecule has 1 unspecified atom stereocenters. The van der Waals surface area contributed by atoms with Crippen molar-refractivity contribution in [3.8, 4) is 0 Å². The van der Waals surface area contributed by atoms with Gasteiger partial charge in [0.05, 0.1) is 24.9 Å². The van der Waals surface area contributed by atoms with Crippen LogP contribution in [0.4, 0.5) is 5.95 Å². The van der Waals surface area contributed by atoms with E-state index in [0.29, 0.717) is 6.42 Å². The summed E-state index contributed by atoms with van der Waals surface area (Å²) >= 11 is 0.